The van der Waals surface area contributed by atoms with Crippen LogP contribution < -0.4 is 4.74 Å². The van der Waals surface area contributed by atoms with Gasteiger partial charge in [0.25, 0.3) is 5.91 Å². The van der Waals surface area contributed by atoms with E-state index in [0.29, 0.717) is 17.8 Å². The number of benzene rings is 3. The van der Waals surface area contributed by atoms with Gasteiger partial charge in [-0.25, -0.2) is 0 Å². The van der Waals surface area contributed by atoms with Crippen molar-refractivity contribution in [3.05, 3.63) is 101 Å². The summed E-state index contributed by atoms with van der Waals surface area (Å²) in [6, 6.07) is 27.1. The molecule has 1 aliphatic rings. The third-order valence-electron chi connectivity index (χ3n) is 6.94. The highest BCUT2D eigenvalue weighted by atomic mass is 16.5. The molecule has 0 radical (unpaired) electrons. The minimum Gasteiger partial charge on any atom is -0.497 e. The van der Waals surface area contributed by atoms with Crippen LogP contribution in [0.4, 0.5) is 0 Å². The summed E-state index contributed by atoms with van der Waals surface area (Å²) < 4.78 is 5.39. The van der Waals surface area contributed by atoms with Crippen LogP contribution in [0.3, 0.4) is 0 Å². The van der Waals surface area contributed by atoms with Gasteiger partial charge in [-0.1, -0.05) is 74.0 Å². The fraction of sp³-hybridized carbons (Fsp3) is 0.387. The zero-order valence-electron chi connectivity index (χ0n) is 21.5. The number of likely N-dealkylation sites (tertiary alicyclic amines) is 1. The number of amides is 1. The molecule has 0 N–H and O–H groups in total. The third-order valence-corrected chi connectivity index (χ3v) is 6.94. The molecule has 184 valence electrons. The standard InChI is InChI=1S/C31H38N2O2/c1-23(2)18-33(31(34)27-12-10-24(3)11-13-27)21-28-20-32(19-25-8-6-5-7-9-25)22-30(28)26-14-16-29(35-4)17-15-26/h5-17,23,28,30H,18-22H2,1-4H3. The van der Waals surface area contributed by atoms with Crippen LogP contribution in [0.25, 0.3) is 0 Å². The highest BCUT2D eigenvalue weighted by Crippen LogP contribution is 2.35. The SMILES string of the molecule is COc1ccc(C2CN(Cc3ccccc3)CC2CN(CC(C)C)C(=O)c2ccc(C)cc2)cc1. The molecule has 0 aliphatic carbocycles. The lowest BCUT2D eigenvalue weighted by atomic mass is 9.88. The maximum absolute atomic E-state index is 13.6. The summed E-state index contributed by atoms with van der Waals surface area (Å²) in [4.78, 5) is 18.2. The van der Waals surface area contributed by atoms with Crippen LogP contribution in [0.1, 0.15) is 46.8 Å². The van der Waals surface area contributed by atoms with E-state index in [4.69, 9.17) is 4.74 Å². The molecule has 4 nitrogen and oxygen atoms in total. The molecule has 1 heterocycles. The number of aryl methyl sites for hydroxylation is 1. The highest BCUT2D eigenvalue weighted by molar-refractivity contribution is 5.94. The summed E-state index contributed by atoms with van der Waals surface area (Å²) in [5.41, 5.74) is 4.59. The molecule has 2 atom stereocenters. The second-order valence-electron chi connectivity index (χ2n) is 10.3. The molecular formula is C31H38N2O2. The average molecular weight is 471 g/mol. The molecule has 0 aromatic heterocycles. The van der Waals surface area contributed by atoms with Crippen molar-refractivity contribution < 1.29 is 9.53 Å². The van der Waals surface area contributed by atoms with Gasteiger partial charge in [-0.2, -0.15) is 0 Å². The van der Waals surface area contributed by atoms with Crippen molar-refractivity contribution in [2.24, 2.45) is 11.8 Å². The van der Waals surface area contributed by atoms with E-state index in [9.17, 15) is 4.79 Å². The van der Waals surface area contributed by atoms with E-state index in [0.717, 1.165) is 44.0 Å². The largest absolute Gasteiger partial charge is 0.497 e. The maximum Gasteiger partial charge on any atom is 0.253 e. The van der Waals surface area contributed by atoms with E-state index in [2.05, 4.69) is 85.2 Å². The molecule has 2 unspecified atom stereocenters. The van der Waals surface area contributed by atoms with E-state index in [1.807, 2.05) is 24.3 Å². The zero-order valence-corrected chi connectivity index (χ0v) is 21.5. The Morgan fingerprint density at radius 1 is 0.971 bits per heavy atom. The topological polar surface area (TPSA) is 32.8 Å². The minimum absolute atomic E-state index is 0.133. The van der Waals surface area contributed by atoms with Gasteiger partial charge in [-0.15, -0.1) is 0 Å². The van der Waals surface area contributed by atoms with Crippen LogP contribution in [0.5, 0.6) is 5.75 Å². The number of hydrogen-bond donors (Lipinski definition) is 0. The molecule has 0 spiro atoms. The Morgan fingerprint density at radius 3 is 2.29 bits per heavy atom. The molecule has 0 bridgehead atoms. The van der Waals surface area contributed by atoms with Gasteiger partial charge in [0.2, 0.25) is 0 Å². The van der Waals surface area contributed by atoms with Gasteiger partial charge in [0.15, 0.2) is 0 Å². The number of methoxy groups -OCH3 is 1. The monoisotopic (exact) mass is 470 g/mol. The summed E-state index contributed by atoms with van der Waals surface area (Å²) >= 11 is 0. The van der Waals surface area contributed by atoms with E-state index in [1.165, 1.54) is 16.7 Å². The lowest BCUT2D eigenvalue weighted by Gasteiger charge is -2.30. The van der Waals surface area contributed by atoms with Crippen LogP contribution in [0, 0.1) is 18.8 Å². The van der Waals surface area contributed by atoms with E-state index < -0.39 is 0 Å². The quantitative estimate of drug-likeness (QED) is 0.383. The van der Waals surface area contributed by atoms with Crippen molar-refractivity contribution in [3.63, 3.8) is 0 Å². The minimum atomic E-state index is 0.133. The number of hydrogen-bond acceptors (Lipinski definition) is 3. The average Bonchev–Trinajstić information content (AvgIpc) is 3.26. The predicted octanol–water partition coefficient (Wildman–Crippen LogP) is 6.02. The van der Waals surface area contributed by atoms with Crippen molar-refractivity contribution in [2.75, 3.05) is 33.3 Å². The van der Waals surface area contributed by atoms with Gasteiger partial charge in [0.05, 0.1) is 7.11 Å². The van der Waals surface area contributed by atoms with Crippen LogP contribution in [0.2, 0.25) is 0 Å². The number of carbonyl (C=O) groups is 1. The van der Waals surface area contributed by atoms with Crippen molar-refractivity contribution in [2.45, 2.75) is 33.2 Å². The Bertz CT molecular complexity index is 1080. The number of ether oxygens (including phenoxy) is 1. The van der Waals surface area contributed by atoms with Gasteiger partial charge in [0.1, 0.15) is 5.75 Å². The first-order valence-electron chi connectivity index (χ1n) is 12.7. The molecule has 4 rings (SSSR count). The number of carbonyl (C=O) groups excluding carboxylic acids is 1. The Kier molecular flexibility index (Phi) is 8.25. The van der Waals surface area contributed by atoms with E-state index in [1.54, 1.807) is 7.11 Å². The summed E-state index contributed by atoms with van der Waals surface area (Å²) in [6.45, 7) is 10.8. The van der Waals surface area contributed by atoms with Crippen molar-refractivity contribution in [1.29, 1.82) is 0 Å². The Hall–Kier alpha value is -3.11. The van der Waals surface area contributed by atoms with Crippen molar-refractivity contribution >= 4 is 5.91 Å². The molecule has 3 aromatic rings. The first-order valence-corrected chi connectivity index (χ1v) is 12.7. The molecule has 3 aromatic carbocycles. The normalized spacial score (nSPS) is 18.1. The van der Waals surface area contributed by atoms with Crippen LogP contribution in [-0.2, 0) is 6.54 Å². The van der Waals surface area contributed by atoms with Crippen LogP contribution in [0.15, 0.2) is 78.9 Å². The summed E-state index contributed by atoms with van der Waals surface area (Å²) in [6.07, 6.45) is 0. The fourth-order valence-electron chi connectivity index (χ4n) is 5.19. The molecule has 1 saturated heterocycles. The van der Waals surface area contributed by atoms with Crippen molar-refractivity contribution in [1.82, 2.24) is 9.80 Å². The van der Waals surface area contributed by atoms with Crippen LogP contribution in [-0.4, -0.2) is 49.0 Å². The first kappa shape index (κ1) is 25.0. The first-order chi connectivity index (χ1) is 16.9. The molecule has 1 aliphatic heterocycles. The number of nitrogens with zero attached hydrogens (tertiary/aromatic N) is 2. The Morgan fingerprint density at radius 2 is 1.66 bits per heavy atom. The molecule has 1 amide bonds. The molecule has 4 heteroatoms. The summed E-state index contributed by atoms with van der Waals surface area (Å²) in [5.74, 6) is 2.14. The third kappa shape index (κ3) is 6.52. The molecule has 35 heavy (non-hydrogen) atoms. The zero-order chi connectivity index (χ0) is 24.8. The Balaban J connectivity index is 1.58. The fourth-order valence-corrected chi connectivity index (χ4v) is 5.19. The molecule has 0 saturated carbocycles. The summed E-state index contributed by atoms with van der Waals surface area (Å²) in [5, 5.41) is 0. The van der Waals surface area contributed by atoms with Gasteiger partial charge in [-0.3, -0.25) is 9.69 Å². The molecule has 1 fully saturated rings. The second kappa shape index (κ2) is 11.5. The van der Waals surface area contributed by atoms with Gasteiger partial charge in [-0.05, 0) is 54.2 Å². The van der Waals surface area contributed by atoms with Gasteiger partial charge in [0, 0.05) is 44.2 Å². The summed E-state index contributed by atoms with van der Waals surface area (Å²) in [7, 11) is 1.70. The van der Waals surface area contributed by atoms with Gasteiger partial charge < -0.3 is 9.64 Å². The maximum atomic E-state index is 13.6. The second-order valence-corrected chi connectivity index (χ2v) is 10.3. The lowest BCUT2D eigenvalue weighted by Crippen LogP contribution is -2.39. The Labute approximate surface area is 210 Å². The van der Waals surface area contributed by atoms with Crippen molar-refractivity contribution in [3.8, 4) is 5.75 Å². The van der Waals surface area contributed by atoms with E-state index >= 15 is 0 Å². The highest BCUT2D eigenvalue weighted by Gasteiger charge is 2.36. The van der Waals surface area contributed by atoms with E-state index in [-0.39, 0.29) is 5.91 Å². The predicted molar refractivity (Wildman–Crippen MR) is 143 cm³/mol. The smallest absolute Gasteiger partial charge is 0.253 e. The molecular weight excluding hydrogens is 432 g/mol. The lowest BCUT2D eigenvalue weighted by molar-refractivity contribution is 0.0703. The van der Waals surface area contributed by atoms with Crippen LogP contribution >= 0.6 is 0 Å². The number of rotatable bonds is 9. The van der Waals surface area contributed by atoms with Gasteiger partial charge >= 0.3 is 0 Å².